The van der Waals surface area contributed by atoms with Gasteiger partial charge in [0, 0.05) is 19.0 Å². The van der Waals surface area contributed by atoms with E-state index in [0.717, 1.165) is 30.8 Å². The highest BCUT2D eigenvalue weighted by Crippen LogP contribution is 2.18. The van der Waals surface area contributed by atoms with Crippen LogP contribution in [0.3, 0.4) is 0 Å². The summed E-state index contributed by atoms with van der Waals surface area (Å²) in [7, 11) is 0. The summed E-state index contributed by atoms with van der Waals surface area (Å²) in [6, 6.07) is 7.87. The highest BCUT2D eigenvalue weighted by Gasteiger charge is 2.25. The number of halogens is 1. The number of alkyl halides is 1. The Balaban J connectivity index is 1.72. The van der Waals surface area contributed by atoms with E-state index in [2.05, 4.69) is 0 Å². The topological polar surface area (TPSA) is 29.5 Å². The zero-order valence-electron chi connectivity index (χ0n) is 11.3. The van der Waals surface area contributed by atoms with E-state index < -0.39 is 0 Å². The summed E-state index contributed by atoms with van der Waals surface area (Å²) < 4.78 is 5.60. The number of carbonyl (C=O) groups excluding carboxylic acids is 1. The lowest BCUT2D eigenvalue weighted by Crippen LogP contribution is -2.30. The van der Waals surface area contributed by atoms with Gasteiger partial charge in [-0.1, -0.05) is 12.1 Å². The Labute approximate surface area is 119 Å². The van der Waals surface area contributed by atoms with E-state index in [4.69, 9.17) is 16.3 Å². The fraction of sp³-hybridized carbons (Fsp3) is 0.533. The van der Waals surface area contributed by atoms with Crippen molar-refractivity contribution >= 4 is 17.5 Å². The predicted octanol–water partition coefficient (Wildman–Crippen LogP) is 2.85. The highest BCUT2D eigenvalue weighted by atomic mass is 35.5. The Hall–Kier alpha value is -1.22. The van der Waals surface area contributed by atoms with E-state index in [1.54, 1.807) is 0 Å². The van der Waals surface area contributed by atoms with E-state index in [-0.39, 0.29) is 5.91 Å². The van der Waals surface area contributed by atoms with Gasteiger partial charge in [0.05, 0.1) is 13.0 Å². The van der Waals surface area contributed by atoms with Gasteiger partial charge in [-0.25, -0.2) is 0 Å². The van der Waals surface area contributed by atoms with Crippen molar-refractivity contribution < 1.29 is 9.53 Å². The third-order valence-corrected chi connectivity index (χ3v) is 3.87. The van der Waals surface area contributed by atoms with E-state index in [9.17, 15) is 4.79 Å². The number of benzene rings is 1. The SMILES string of the molecule is Cc1cccc(OCCC(=O)N2CCC(CCl)C2)c1. The molecule has 1 aliphatic heterocycles. The van der Waals surface area contributed by atoms with Crippen LogP contribution in [0.25, 0.3) is 0 Å². The molecular weight excluding hydrogens is 262 g/mol. The van der Waals surface area contributed by atoms with Crippen LogP contribution in [0.4, 0.5) is 0 Å². The highest BCUT2D eigenvalue weighted by molar-refractivity contribution is 6.18. The third-order valence-electron chi connectivity index (χ3n) is 3.43. The van der Waals surface area contributed by atoms with E-state index in [0.29, 0.717) is 24.8 Å². The third kappa shape index (κ3) is 4.13. The van der Waals surface area contributed by atoms with Gasteiger partial charge in [0.2, 0.25) is 5.91 Å². The van der Waals surface area contributed by atoms with E-state index in [1.807, 2.05) is 36.1 Å². The predicted molar refractivity (Wildman–Crippen MR) is 76.7 cm³/mol. The summed E-state index contributed by atoms with van der Waals surface area (Å²) in [5.41, 5.74) is 1.16. The Kier molecular flexibility index (Phi) is 5.08. The van der Waals surface area contributed by atoms with Crippen molar-refractivity contribution in [2.24, 2.45) is 5.92 Å². The number of likely N-dealkylation sites (tertiary alicyclic amines) is 1. The molecule has 19 heavy (non-hydrogen) atoms. The fourth-order valence-corrected chi connectivity index (χ4v) is 2.56. The van der Waals surface area contributed by atoms with Crippen molar-refractivity contribution in [3.63, 3.8) is 0 Å². The second-order valence-corrected chi connectivity index (χ2v) is 5.37. The Morgan fingerprint density at radius 3 is 3.05 bits per heavy atom. The zero-order chi connectivity index (χ0) is 13.7. The molecule has 4 heteroatoms. The summed E-state index contributed by atoms with van der Waals surface area (Å²) >= 11 is 5.81. The number of nitrogens with zero attached hydrogens (tertiary/aromatic N) is 1. The van der Waals surface area contributed by atoms with Crippen LogP contribution in [-0.2, 0) is 4.79 Å². The van der Waals surface area contributed by atoms with Gasteiger partial charge < -0.3 is 9.64 Å². The van der Waals surface area contributed by atoms with Crippen LogP contribution in [0, 0.1) is 12.8 Å². The largest absolute Gasteiger partial charge is 0.493 e. The molecule has 0 aliphatic carbocycles. The first-order chi connectivity index (χ1) is 9.19. The number of carbonyl (C=O) groups is 1. The van der Waals surface area contributed by atoms with Gasteiger partial charge in [-0.3, -0.25) is 4.79 Å². The van der Waals surface area contributed by atoms with Crippen LogP contribution in [0.2, 0.25) is 0 Å². The Morgan fingerprint density at radius 2 is 2.37 bits per heavy atom. The fourth-order valence-electron chi connectivity index (χ4n) is 2.30. The summed E-state index contributed by atoms with van der Waals surface area (Å²) in [5.74, 6) is 2.10. The standard InChI is InChI=1S/C15H20ClNO2/c1-12-3-2-4-14(9-12)19-8-6-15(18)17-7-5-13(10-16)11-17/h2-4,9,13H,5-8,10-11H2,1H3. The van der Waals surface area contributed by atoms with Crippen LogP contribution in [0.15, 0.2) is 24.3 Å². The number of ether oxygens (including phenoxy) is 1. The molecule has 0 saturated carbocycles. The van der Waals surface area contributed by atoms with Crippen LogP contribution < -0.4 is 4.74 Å². The van der Waals surface area contributed by atoms with Crippen molar-refractivity contribution in [2.75, 3.05) is 25.6 Å². The van der Waals surface area contributed by atoms with E-state index >= 15 is 0 Å². The monoisotopic (exact) mass is 281 g/mol. The van der Waals surface area contributed by atoms with Gasteiger partial charge >= 0.3 is 0 Å². The van der Waals surface area contributed by atoms with Crippen molar-refractivity contribution in [3.05, 3.63) is 29.8 Å². The van der Waals surface area contributed by atoms with Crippen LogP contribution in [-0.4, -0.2) is 36.4 Å². The summed E-state index contributed by atoms with van der Waals surface area (Å²) in [6.07, 6.45) is 1.46. The Bertz CT molecular complexity index is 436. The lowest BCUT2D eigenvalue weighted by molar-refractivity contribution is -0.130. The molecule has 104 valence electrons. The summed E-state index contributed by atoms with van der Waals surface area (Å²) in [5, 5.41) is 0. The van der Waals surface area contributed by atoms with Crippen molar-refractivity contribution in [1.82, 2.24) is 4.90 Å². The van der Waals surface area contributed by atoms with Crippen LogP contribution in [0.5, 0.6) is 5.75 Å². The maximum absolute atomic E-state index is 12.0. The molecule has 1 fully saturated rings. The first kappa shape index (κ1) is 14.2. The number of hydrogen-bond donors (Lipinski definition) is 0. The molecule has 1 aliphatic rings. The average molecular weight is 282 g/mol. The minimum Gasteiger partial charge on any atom is -0.493 e. The lowest BCUT2D eigenvalue weighted by Gasteiger charge is -2.16. The first-order valence-corrected chi connectivity index (χ1v) is 7.25. The zero-order valence-corrected chi connectivity index (χ0v) is 12.0. The molecule has 0 spiro atoms. The van der Waals surface area contributed by atoms with Gasteiger partial charge in [-0.05, 0) is 37.0 Å². The van der Waals surface area contributed by atoms with Crippen LogP contribution >= 0.6 is 11.6 Å². The minimum absolute atomic E-state index is 0.167. The minimum atomic E-state index is 0.167. The molecule has 0 N–H and O–H groups in total. The summed E-state index contributed by atoms with van der Waals surface area (Å²) in [4.78, 5) is 13.9. The summed E-state index contributed by atoms with van der Waals surface area (Å²) in [6.45, 7) is 4.09. The van der Waals surface area contributed by atoms with Crippen molar-refractivity contribution in [2.45, 2.75) is 19.8 Å². The molecule has 1 saturated heterocycles. The molecule has 2 rings (SSSR count). The maximum atomic E-state index is 12.0. The lowest BCUT2D eigenvalue weighted by atomic mass is 10.2. The second-order valence-electron chi connectivity index (χ2n) is 5.06. The normalized spacial score (nSPS) is 18.6. The number of hydrogen-bond acceptors (Lipinski definition) is 2. The Morgan fingerprint density at radius 1 is 1.53 bits per heavy atom. The quantitative estimate of drug-likeness (QED) is 0.777. The van der Waals surface area contributed by atoms with Gasteiger partial charge in [-0.15, -0.1) is 11.6 Å². The number of rotatable bonds is 5. The smallest absolute Gasteiger partial charge is 0.226 e. The van der Waals surface area contributed by atoms with Gasteiger partial charge in [0.15, 0.2) is 0 Å². The van der Waals surface area contributed by atoms with Gasteiger partial charge in [0.25, 0.3) is 0 Å². The molecule has 1 atom stereocenters. The van der Waals surface area contributed by atoms with Crippen molar-refractivity contribution in [3.8, 4) is 5.75 Å². The van der Waals surface area contributed by atoms with Gasteiger partial charge in [-0.2, -0.15) is 0 Å². The first-order valence-electron chi connectivity index (χ1n) is 6.72. The van der Waals surface area contributed by atoms with Gasteiger partial charge in [0.1, 0.15) is 5.75 Å². The molecule has 1 aromatic rings. The average Bonchev–Trinajstić information content (AvgIpc) is 2.87. The molecule has 0 bridgehead atoms. The molecule has 1 heterocycles. The molecule has 1 aromatic carbocycles. The van der Waals surface area contributed by atoms with Crippen LogP contribution in [0.1, 0.15) is 18.4 Å². The molecular formula is C15H20ClNO2. The molecule has 3 nitrogen and oxygen atoms in total. The molecule has 0 aromatic heterocycles. The maximum Gasteiger partial charge on any atom is 0.226 e. The number of amides is 1. The second kappa shape index (κ2) is 6.80. The number of aryl methyl sites for hydroxylation is 1. The molecule has 0 radical (unpaired) electrons. The molecule has 1 unspecified atom stereocenters. The van der Waals surface area contributed by atoms with E-state index in [1.165, 1.54) is 0 Å². The van der Waals surface area contributed by atoms with Crippen molar-refractivity contribution in [1.29, 1.82) is 0 Å². The molecule has 1 amide bonds.